The molecule has 0 fully saturated rings. The molecule has 1 heterocycles. The lowest BCUT2D eigenvalue weighted by Crippen LogP contribution is -2.21. The number of ether oxygens (including phenoxy) is 1. The van der Waals surface area contributed by atoms with Gasteiger partial charge in [0, 0.05) is 12.3 Å². The van der Waals surface area contributed by atoms with Crippen LogP contribution in [0.1, 0.15) is 11.1 Å². The van der Waals surface area contributed by atoms with E-state index in [0.717, 1.165) is 16.9 Å². The molecule has 1 aromatic carbocycles. The first-order valence-electron chi connectivity index (χ1n) is 6.45. The highest BCUT2D eigenvalue weighted by Gasteiger charge is 1.98. The van der Waals surface area contributed by atoms with Gasteiger partial charge in [-0.25, -0.2) is 0 Å². The van der Waals surface area contributed by atoms with Gasteiger partial charge in [-0.3, -0.25) is 4.79 Å². The molecule has 1 aromatic heterocycles. The summed E-state index contributed by atoms with van der Waals surface area (Å²) in [5.41, 5.74) is 1.91. The van der Waals surface area contributed by atoms with E-state index in [9.17, 15) is 4.79 Å². The van der Waals surface area contributed by atoms with Gasteiger partial charge in [-0.2, -0.15) is 5.26 Å². The Morgan fingerprint density at radius 3 is 2.65 bits per heavy atom. The third-order valence-electron chi connectivity index (χ3n) is 2.96. The summed E-state index contributed by atoms with van der Waals surface area (Å²) in [7, 11) is 0. The van der Waals surface area contributed by atoms with Gasteiger partial charge >= 0.3 is 0 Å². The summed E-state index contributed by atoms with van der Waals surface area (Å²) >= 11 is 0. The summed E-state index contributed by atoms with van der Waals surface area (Å²) in [5.74, 6) is 0.742. The number of nitrogens with zero attached hydrogens (tertiary/aromatic N) is 2. The first-order valence-corrected chi connectivity index (χ1v) is 6.45. The zero-order chi connectivity index (χ0) is 14.4. The van der Waals surface area contributed by atoms with Crippen LogP contribution in [0, 0.1) is 18.3 Å². The lowest BCUT2D eigenvalue weighted by molar-refractivity contribution is 0.296. The fraction of sp³-hybridized carbons (Fsp3) is 0.250. The van der Waals surface area contributed by atoms with Crippen LogP contribution in [-0.4, -0.2) is 11.2 Å². The monoisotopic (exact) mass is 268 g/mol. The molecular weight excluding hydrogens is 252 g/mol. The van der Waals surface area contributed by atoms with Crippen LogP contribution in [-0.2, 0) is 13.0 Å². The third-order valence-corrected chi connectivity index (χ3v) is 2.96. The summed E-state index contributed by atoms with van der Waals surface area (Å²) in [6, 6.07) is 13.0. The highest BCUT2D eigenvalue weighted by Crippen LogP contribution is 2.12. The van der Waals surface area contributed by atoms with Gasteiger partial charge in [0.05, 0.1) is 19.0 Å². The largest absolute Gasteiger partial charge is 0.492 e. The number of hydrogen-bond donors (Lipinski definition) is 0. The average Bonchev–Trinajstić information content (AvgIpc) is 2.43. The van der Waals surface area contributed by atoms with Crippen LogP contribution in [0.25, 0.3) is 0 Å². The summed E-state index contributed by atoms with van der Waals surface area (Å²) < 4.78 is 7.21. The Morgan fingerprint density at radius 1 is 1.25 bits per heavy atom. The second kappa shape index (κ2) is 6.58. The molecule has 2 rings (SSSR count). The Hall–Kier alpha value is -2.54. The molecule has 4 heteroatoms. The van der Waals surface area contributed by atoms with Crippen molar-refractivity contribution in [2.24, 2.45) is 0 Å². The molecule has 0 aliphatic rings. The molecule has 0 radical (unpaired) electrons. The van der Waals surface area contributed by atoms with Gasteiger partial charge < -0.3 is 9.30 Å². The van der Waals surface area contributed by atoms with E-state index in [0.29, 0.717) is 19.6 Å². The molecule has 102 valence electrons. The van der Waals surface area contributed by atoms with Crippen LogP contribution in [0.4, 0.5) is 0 Å². The summed E-state index contributed by atoms with van der Waals surface area (Å²) in [6.45, 7) is 2.84. The van der Waals surface area contributed by atoms with Gasteiger partial charge in [0.15, 0.2) is 0 Å². The predicted octanol–water partition coefficient (Wildman–Crippen LogP) is 2.30. The molecular formula is C16H16N2O2. The van der Waals surface area contributed by atoms with E-state index >= 15 is 0 Å². The molecule has 0 spiro atoms. The van der Waals surface area contributed by atoms with E-state index in [1.807, 2.05) is 37.3 Å². The second-order valence-electron chi connectivity index (χ2n) is 4.56. The van der Waals surface area contributed by atoms with Crippen molar-refractivity contribution in [2.75, 3.05) is 6.61 Å². The normalized spacial score (nSPS) is 10.0. The van der Waals surface area contributed by atoms with Crippen molar-refractivity contribution < 1.29 is 4.74 Å². The maximum atomic E-state index is 11.7. The maximum absolute atomic E-state index is 11.7. The number of nitriles is 1. The number of hydrogen-bond acceptors (Lipinski definition) is 3. The Morgan fingerprint density at radius 2 is 2.00 bits per heavy atom. The van der Waals surface area contributed by atoms with Gasteiger partial charge in [-0.05, 0) is 36.2 Å². The number of rotatable bonds is 5. The van der Waals surface area contributed by atoms with Gasteiger partial charge in [-0.15, -0.1) is 0 Å². The molecule has 0 aliphatic heterocycles. The second-order valence-corrected chi connectivity index (χ2v) is 4.56. The predicted molar refractivity (Wildman–Crippen MR) is 76.7 cm³/mol. The number of aryl methyl sites for hydroxylation is 1. The standard InChI is InChI=1S/C16H16N2O2/c1-13-7-9-18(16(19)12-13)10-11-20-15-4-2-14(3-5-15)6-8-17/h2-5,7,9,12H,6,10-11H2,1H3. The van der Waals surface area contributed by atoms with E-state index in [1.165, 1.54) is 0 Å². The first-order chi connectivity index (χ1) is 9.69. The summed E-state index contributed by atoms with van der Waals surface area (Å²) in [4.78, 5) is 11.7. The van der Waals surface area contributed by atoms with E-state index in [1.54, 1.807) is 16.8 Å². The molecule has 0 unspecified atom stereocenters. The van der Waals surface area contributed by atoms with E-state index < -0.39 is 0 Å². The van der Waals surface area contributed by atoms with Crippen LogP contribution in [0.15, 0.2) is 47.4 Å². The highest BCUT2D eigenvalue weighted by molar-refractivity contribution is 5.28. The molecule has 0 saturated carbocycles. The molecule has 0 aliphatic carbocycles. The fourth-order valence-electron chi connectivity index (χ4n) is 1.85. The van der Waals surface area contributed by atoms with Gasteiger partial charge in [0.25, 0.3) is 5.56 Å². The molecule has 0 N–H and O–H groups in total. The smallest absolute Gasteiger partial charge is 0.250 e. The van der Waals surface area contributed by atoms with Gasteiger partial charge in [0.1, 0.15) is 12.4 Å². The third kappa shape index (κ3) is 3.72. The molecule has 0 saturated heterocycles. The van der Waals surface area contributed by atoms with Crippen molar-refractivity contribution in [1.29, 1.82) is 5.26 Å². The van der Waals surface area contributed by atoms with Crippen molar-refractivity contribution in [3.8, 4) is 11.8 Å². The number of pyridine rings is 1. The first kappa shape index (κ1) is 13.9. The summed E-state index contributed by atoms with van der Waals surface area (Å²) in [5, 5.41) is 8.59. The van der Waals surface area contributed by atoms with Crippen LogP contribution in [0.3, 0.4) is 0 Å². The fourth-order valence-corrected chi connectivity index (χ4v) is 1.85. The van der Waals surface area contributed by atoms with Crippen molar-refractivity contribution >= 4 is 0 Å². The maximum Gasteiger partial charge on any atom is 0.250 e. The highest BCUT2D eigenvalue weighted by atomic mass is 16.5. The number of benzene rings is 1. The van der Waals surface area contributed by atoms with Crippen molar-refractivity contribution in [1.82, 2.24) is 4.57 Å². The quantitative estimate of drug-likeness (QED) is 0.836. The average molecular weight is 268 g/mol. The SMILES string of the molecule is Cc1ccn(CCOc2ccc(CC#N)cc2)c(=O)c1. The minimum atomic E-state index is -0.0158. The Kier molecular flexibility index (Phi) is 4.56. The molecule has 20 heavy (non-hydrogen) atoms. The number of aromatic nitrogens is 1. The van der Waals surface area contributed by atoms with E-state index in [-0.39, 0.29) is 5.56 Å². The van der Waals surface area contributed by atoms with Crippen molar-refractivity contribution in [3.63, 3.8) is 0 Å². The Labute approximate surface area is 117 Å². The zero-order valence-corrected chi connectivity index (χ0v) is 11.4. The lowest BCUT2D eigenvalue weighted by Gasteiger charge is -2.08. The van der Waals surface area contributed by atoms with Crippen molar-refractivity contribution in [3.05, 3.63) is 64.1 Å². The van der Waals surface area contributed by atoms with Crippen molar-refractivity contribution in [2.45, 2.75) is 19.9 Å². The van der Waals surface area contributed by atoms with Crippen LogP contribution >= 0.6 is 0 Å². The van der Waals surface area contributed by atoms with Crippen LogP contribution in [0.2, 0.25) is 0 Å². The minimum absolute atomic E-state index is 0.0158. The zero-order valence-electron chi connectivity index (χ0n) is 11.4. The topological polar surface area (TPSA) is 55.0 Å². The Balaban J connectivity index is 1.89. The van der Waals surface area contributed by atoms with Crippen LogP contribution < -0.4 is 10.3 Å². The van der Waals surface area contributed by atoms with Crippen LogP contribution in [0.5, 0.6) is 5.75 Å². The molecule has 0 bridgehead atoms. The molecule has 2 aromatic rings. The minimum Gasteiger partial charge on any atom is -0.492 e. The van der Waals surface area contributed by atoms with Gasteiger partial charge in [0.2, 0.25) is 0 Å². The molecule has 0 amide bonds. The van der Waals surface area contributed by atoms with Gasteiger partial charge in [-0.1, -0.05) is 12.1 Å². The summed E-state index contributed by atoms with van der Waals surface area (Å²) in [6.07, 6.45) is 2.18. The van der Waals surface area contributed by atoms with E-state index in [4.69, 9.17) is 10.00 Å². The molecule has 4 nitrogen and oxygen atoms in total. The Bertz CT molecular complexity index is 666. The lowest BCUT2D eigenvalue weighted by atomic mass is 10.2. The molecule has 0 atom stereocenters. The van der Waals surface area contributed by atoms with E-state index in [2.05, 4.69) is 6.07 Å².